The van der Waals surface area contributed by atoms with Gasteiger partial charge in [0, 0.05) is 6.04 Å². The number of carbonyl (C=O) groups is 2. The van der Waals surface area contributed by atoms with Crippen LogP contribution in [0, 0.1) is 17.8 Å². The highest BCUT2D eigenvalue weighted by Crippen LogP contribution is 2.56. The first kappa shape index (κ1) is 26.1. The van der Waals surface area contributed by atoms with Gasteiger partial charge in [0.2, 0.25) is 5.91 Å². The highest BCUT2D eigenvalue weighted by Gasteiger charge is 2.51. The van der Waals surface area contributed by atoms with E-state index >= 15 is 0 Å². The largest absolute Gasteiger partial charge is 0.508 e. The fourth-order valence-corrected chi connectivity index (χ4v) is 7.98. The molecule has 41 heavy (non-hydrogen) atoms. The summed E-state index contributed by atoms with van der Waals surface area (Å²) in [6.45, 7) is 3.88. The molecule has 214 valence electrons. The minimum atomic E-state index is -0.650. The fourth-order valence-electron chi connectivity index (χ4n) is 7.98. The van der Waals surface area contributed by atoms with Crippen LogP contribution in [0.1, 0.15) is 74.9 Å². The number of imidazole rings is 1. The maximum Gasteiger partial charge on any atom is 0.407 e. The number of phenols is 1. The molecule has 0 radical (unpaired) electrons. The normalized spacial score (nSPS) is 26.4. The van der Waals surface area contributed by atoms with Crippen LogP contribution in [0.3, 0.4) is 0 Å². The lowest BCUT2D eigenvalue weighted by Crippen LogP contribution is -2.54. The zero-order chi connectivity index (χ0) is 28.4. The summed E-state index contributed by atoms with van der Waals surface area (Å²) in [6, 6.07) is 11.9. The standard InChI is InChI=1S/C33H38N4O4/c1-17(2)29(36-33(40)41-3)32(39)37-22-10-8-21(14-22)30(37)31-34-16-26(35-31)19-6-4-18(5-7-19)23-12-13-27(38)25-15-20-9-11-24(20)28(23)25/h4-7,12-13,16-17,20-22,24,29-30,38H,8-11,14-15H2,1-3H3,(H,34,35)(H,36,40)/t20?,21-,22+,24?,29-,30-/m0/s1. The maximum atomic E-state index is 13.8. The monoisotopic (exact) mass is 554 g/mol. The molecule has 2 heterocycles. The first-order valence-corrected chi connectivity index (χ1v) is 15.0. The van der Waals surface area contributed by atoms with Crippen molar-refractivity contribution in [2.24, 2.45) is 17.8 Å². The van der Waals surface area contributed by atoms with Crippen LogP contribution >= 0.6 is 0 Å². The van der Waals surface area contributed by atoms with E-state index in [9.17, 15) is 14.7 Å². The molecular formula is C33H38N4O4. The van der Waals surface area contributed by atoms with Gasteiger partial charge in [0.1, 0.15) is 17.6 Å². The Hall–Kier alpha value is -3.81. The van der Waals surface area contributed by atoms with Gasteiger partial charge >= 0.3 is 6.09 Å². The van der Waals surface area contributed by atoms with Gasteiger partial charge in [-0.1, -0.05) is 44.2 Å². The minimum absolute atomic E-state index is 0.0694. The average molecular weight is 555 g/mol. The Kier molecular flexibility index (Phi) is 6.32. The summed E-state index contributed by atoms with van der Waals surface area (Å²) in [5.41, 5.74) is 6.85. The predicted molar refractivity (Wildman–Crippen MR) is 155 cm³/mol. The van der Waals surface area contributed by atoms with Crippen LogP contribution < -0.4 is 5.32 Å². The van der Waals surface area contributed by atoms with Gasteiger partial charge in [-0.05, 0) is 96.1 Å². The van der Waals surface area contributed by atoms with E-state index in [2.05, 4.69) is 40.6 Å². The highest BCUT2D eigenvalue weighted by atomic mass is 16.5. The number of nitrogens with one attached hydrogen (secondary N) is 2. The molecule has 3 aliphatic carbocycles. The Morgan fingerprint density at radius 2 is 1.80 bits per heavy atom. The lowest BCUT2D eigenvalue weighted by atomic mass is 9.73. The number of hydrogen-bond donors (Lipinski definition) is 3. The number of nitrogens with zero attached hydrogens (tertiary/aromatic N) is 2. The van der Waals surface area contributed by atoms with Gasteiger partial charge in [-0.25, -0.2) is 9.78 Å². The highest BCUT2D eigenvalue weighted by molar-refractivity contribution is 5.87. The van der Waals surface area contributed by atoms with Gasteiger partial charge in [0.15, 0.2) is 0 Å². The number of carbonyl (C=O) groups excluding carboxylic acids is 2. The Labute approximate surface area is 240 Å². The number of hydrogen-bond acceptors (Lipinski definition) is 5. The van der Waals surface area contributed by atoms with Gasteiger partial charge in [-0.15, -0.1) is 0 Å². The maximum absolute atomic E-state index is 13.8. The SMILES string of the molecule is COC(=O)N[C@H](C(=O)N1[C@@H]2CC[C@@H](C2)[C@H]1c1ncc(-c2ccc(-c3ccc(O)c4c3C3CCC3C4)cc2)[nH]1)C(C)C. The number of alkyl carbamates (subject to hydrolysis) is 1. The number of H-pyrrole nitrogens is 1. The summed E-state index contributed by atoms with van der Waals surface area (Å²) in [4.78, 5) is 36.1. The number of likely N-dealkylation sites (tertiary alicyclic amines) is 1. The molecule has 1 aliphatic heterocycles. The second-order valence-corrected chi connectivity index (χ2v) is 12.7. The molecule has 3 N–H and O–H groups in total. The Morgan fingerprint density at radius 3 is 2.51 bits per heavy atom. The second kappa shape index (κ2) is 9.93. The van der Waals surface area contributed by atoms with E-state index in [1.54, 1.807) is 0 Å². The van der Waals surface area contributed by atoms with Crippen LogP contribution in [0.25, 0.3) is 22.4 Å². The second-order valence-electron chi connectivity index (χ2n) is 12.7. The number of aromatic hydroxyl groups is 1. The third-order valence-corrected chi connectivity index (χ3v) is 10.2. The van der Waals surface area contributed by atoms with Crippen LogP contribution in [0.5, 0.6) is 5.75 Å². The third kappa shape index (κ3) is 4.21. The number of methoxy groups -OCH3 is 1. The molecule has 1 saturated heterocycles. The molecule has 2 aromatic carbocycles. The molecule has 2 amide bonds. The van der Waals surface area contributed by atoms with Crippen molar-refractivity contribution in [2.75, 3.05) is 7.11 Å². The summed E-state index contributed by atoms with van der Waals surface area (Å²) >= 11 is 0. The van der Waals surface area contributed by atoms with E-state index < -0.39 is 12.1 Å². The van der Waals surface area contributed by atoms with Crippen molar-refractivity contribution in [1.29, 1.82) is 0 Å². The number of ether oxygens (including phenoxy) is 1. The van der Waals surface area contributed by atoms with Crippen molar-refractivity contribution in [1.82, 2.24) is 20.2 Å². The van der Waals surface area contributed by atoms with Crippen molar-refractivity contribution in [3.8, 4) is 28.1 Å². The van der Waals surface area contributed by atoms with E-state index in [1.165, 1.54) is 36.6 Å². The molecule has 7 rings (SSSR count). The molecule has 2 unspecified atom stereocenters. The number of aromatic nitrogens is 2. The molecule has 2 saturated carbocycles. The molecule has 1 aromatic heterocycles. The average Bonchev–Trinajstić information content (AvgIpc) is 3.75. The number of rotatable bonds is 6. The summed E-state index contributed by atoms with van der Waals surface area (Å²) in [7, 11) is 1.32. The van der Waals surface area contributed by atoms with Gasteiger partial charge in [-0.3, -0.25) is 4.79 Å². The Balaban J connectivity index is 1.14. The molecule has 2 bridgehead atoms. The van der Waals surface area contributed by atoms with Gasteiger partial charge in [0.25, 0.3) is 0 Å². The summed E-state index contributed by atoms with van der Waals surface area (Å²) in [6.07, 6.45) is 7.74. The van der Waals surface area contributed by atoms with Crippen molar-refractivity contribution in [2.45, 2.75) is 76.4 Å². The van der Waals surface area contributed by atoms with Crippen LogP contribution in [-0.2, 0) is 16.0 Å². The first-order valence-electron chi connectivity index (χ1n) is 15.0. The van der Waals surface area contributed by atoms with E-state index in [1.807, 2.05) is 31.0 Å². The zero-order valence-corrected chi connectivity index (χ0v) is 23.9. The van der Waals surface area contributed by atoms with E-state index in [0.717, 1.165) is 48.3 Å². The van der Waals surface area contributed by atoms with Gasteiger partial charge in [0.05, 0.1) is 25.0 Å². The molecule has 0 spiro atoms. The fraction of sp³-hybridized carbons (Fsp3) is 0.485. The minimum Gasteiger partial charge on any atom is -0.508 e. The number of piperidine rings is 1. The van der Waals surface area contributed by atoms with Crippen LogP contribution in [0.4, 0.5) is 4.79 Å². The molecule has 3 aromatic rings. The summed E-state index contributed by atoms with van der Waals surface area (Å²) < 4.78 is 4.80. The van der Waals surface area contributed by atoms with Crippen LogP contribution in [-0.4, -0.2) is 51.2 Å². The number of amides is 2. The quantitative estimate of drug-likeness (QED) is 0.350. The Bertz CT molecular complexity index is 1500. The number of benzene rings is 2. The van der Waals surface area contributed by atoms with Gasteiger partial charge < -0.3 is 25.0 Å². The first-order chi connectivity index (χ1) is 19.8. The number of fused-ring (bicyclic) bond motifs is 5. The van der Waals surface area contributed by atoms with Crippen molar-refractivity contribution in [3.63, 3.8) is 0 Å². The predicted octanol–water partition coefficient (Wildman–Crippen LogP) is 5.93. The number of phenolic OH excluding ortho intramolecular Hbond substituents is 1. The smallest absolute Gasteiger partial charge is 0.407 e. The van der Waals surface area contributed by atoms with E-state index in [4.69, 9.17) is 9.72 Å². The Morgan fingerprint density at radius 1 is 1.05 bits per heavy atom. The number of aromatic amines is 1. The van der Waals surface area contributed by atoms with E-state index in [0.29, 0.717) is 23.5 Å². The van der Waals surface area contributed by atoms with Crippen molar-refractivity contribution >= 4 is 12.0 Å². The molecule has 3 fully saturated rings. The van der Waals surface area contributed by atoms with Crippen LogP contribution in [0.15, 0.2) is 42.6 Å². The molecule has 6 atom stereocenters. The molecule has 8 heteroatoms. The topological polar surface area (TPSA) is 108 Å². The van der Waals surface area contributed by atoms with Crippen molar-refractivity contribution < 1.29 is 19.4 Å². The van der Waals surface area contributed by atoms with Crippen molar-refractivity contribution in [3.05, 3.63) is 59.5 Å². The lowest BCUT2D eigenvalue weighted by Gasteiger charge is -2.37. The molecule has 8 nitrogen and oxygen atoms in total. The third-order valence-electron chi connectivity index (χ3n) is 10.2. The van der Waals surface area contributed by atoms with E-state index in [-0.39, 0.29) is 23.9 Å². The van der Waals surface area contributed by atoms with Crippen LogP contribution in [0.2, 0.25) is 0 Å². The zero-order valence-electron chi connectivity index (χ0n) is 23.9. The van der Waals surface area contributed by atoms with Gasteiger partial charge in [-0.2, -0.15) is 0 Å². The summed E-state index contributed by atoms with van der Waals surface area (Å²) in [5, 5.41) is 13.2. The molecular weight excluding hydrogens is 516 g/mol. The molecule has 4 aliphatic rings. The lowest BCUT2D eigenvalue weighted by molar-refractivity contribution is -0.139. The summed E-state index contributed by atoms with van der Waals surface area (Å²) in [5.74, 6) is 2.71.